The summed E-state index contributed by atoms with van der Waals surface area (Å²) in [7, 11) is 3.98. The minimum Gasteiger partial charge on any atom is -0.378 e. The summed E-state index contributed by atoms with van der Waals surface area (Å²) >= 11 is 11.7. The van der Waals surface area contributed by atoms with Gasteiger partial charge in [-0.05, 0) is 24.3 Å². The Morgan fingerprint density at radius 3 is 2.33 bits per heavy atom. The number of halogens is 2. The van der Waals surface area contributed by atoms with Crippen molar-refractivity contribution in [1.82, 2.24) is 10.2 Å². The summed E-state index contributed by atoms with van der Waals surface area (Å²) in [5.41, 5.74) is 2.67. The molecule has 0 aliphatic rings. The molecule has 1 aromatic carbocycles. The first-order valence-corrected chi connectivity index (χ1v) is 6.05. The molecule has 1 aromatic heterocycles. The molecule has 2 rings (SSSR count). The van der Waals surface area contributed by atoms with Gasteiger partial charge in [0.2, 0.25) is 0 Å². The summed E-state index contributed by atoms with van der Waals surface area (Å²) in [6, 6.07) is 9.57. The lowest BCUT2D eigenvalue weighted by molar-refractivity contribution is 1.03. The minimum absolute atomic E-state index is 0.288. The van der Waals surface area contributed by atoms with Crippen LogP contribution in [0.1, 0.15) is 0 Å². The highest BCUT2D eigenvalue weighted by molar-refractivity contribution is 6.33. The number of benzene rings is 1. The van der Waals surface area contributed by atoms with Crippen LogP contribution >= 0.6 is 23.2 Å². The zero-order chi connectivity index (χ0) is 13.1. The lowest BCUT2D eigenvalue weighted by atomic mass is 10.2. The van der Waals surface area contributed by atoms with E-state index in [1.54, 1.807) is 6.07 Å². The molecule has 0 aliphatic carbocycles. The first-order valence-electron chi connectivity index (χ1n) is 5.29. The van der Waals surface area contributed by atoms with Gasteiger partial charge in [0, 0.05) is 31.5 Å². The maximum atomic E-state index is 5.92. The molecule has 0 radical (unpaired) electrons. The zero-order valence-corrected chi connectivity index (χ0v) is 11.5. The van der Waals surface area contributed by atoms with E-state index in [1.807, 2.05) is 43.3 Å². The van der Waals surface area contributed by atoms with Gasteiger partial charge in [-0.3, -0.25) is 0 Å². The quantitative estimate of drug-likeness (QED) is 0.934. The van der Waals surface area contributed by atoms with Gasteiger partial charge >= 0.3 is 0 Å². The van der Waals surface area contributed by atoms with Crippen LogP contribution in [0.5, 0.6) is 0 Å². The second kappa shape index (κ2) is 5.42. The van der Waals surface area contributed by atoms with E-state index in [-0.39, 0.29) is 5.15 Å². The van der Waals surface area contributed by atoms with Gasteiger partial charge in [0.15, 0.2) is 10.3 Å². The molecular weight excluding hydrogens is 271 g/mol. The fraction of sp³-hybridized carbons (Fsp3) is 0.167. The fourth-order valence-electron chi connectivity index (χ4n) is 1.44. The SMILES string of the molecule is CN(C)c1ccc(Nc2cc(Cl)nnc2Cl)cc1. The number of nitrogens with one attached hydrogen (secondary N) is 1. The van der Waals surface area contributed by atoms with Crippen LogP contribution in [0.3, 0.4) is 0 Å². The van der Waals surface area contributed by atoms with Gasteiger partial charge in [-0.15, -0.1) is 10.2 Å². The van der Waals surface area contributed by atoms with Crippen LogP contribution in [0, 0.1) is 0 Å². The molecule has 0 saturated heterocycles. The third kappa shape index (κ3) is 3.03. The average molecular weight is 283 g/mol. The van der Waals surface area contributed by atoms with Gasteiger partial charge in [0.25, 0.3) is 0 Å². The Kier molecular flexibility index (Phi) is 3.89. The van der Waals surface area contributed by atoms with E-state index < -0.39 is 0 Å². The Balaban J connectivity index is 2.21. The topological polar surface area (TPSA) is 41.0 Å². The fourth-order valence-corrected chi connectivity index (χ4v) is 1.73. The van der Waals surface area contributed by atoms with Crippen molar-refractivity contribution in [2.24, 2.45) is 0 Å². The molecule has 1 heterocycles. The monoisotopic (exact) mass is 282 g/mol. The molecule has 0 bridgehead atoms. The number of hydrogen-bond donors (Lipinski definition) is 1. The van der Waals surface area contributed by atoms with Crippen molar-refractivity contribution in [3.05, 3.63) is 40.6 Å². The molecule has 6 heteroatoms. The van der Waals surface area contributed by atoms with Crippen molar-refractivity contribution in [2.45, 2.75) is 0 Å². The van der Waals surface area contributed by atoms with Gasteiger partial charge < -0.3 is 10.2 Å². The predicted octanol–water partition coefficient (Wildman–Crippen LogP) is 3.59. The number of hydrogen-bond acceptors (Lipinski definition) is 4. The molecule has 1 N–H and O–H groups in total. The summed E-state index contributed by atoms with van der Waals surface area (Å²) in [6.07, 6.45) is 0. The molecule has 0 atom stereocenters. The molecular formula is C12H12Cl2N4. The van der Waals surface area contributed by atoms with Gasteiger partial charge in [-0.25, -0.2) is 0 Å². The van der Waals surface area contributed by atoms with Crippen molar-refractivity contribution < 1.29 is 0 Å². The number of anilines is 3. The molecule has 0 saturated carbocycles. The largest absolute Gasteiger partial charge is 0.378 e. The lowest BCUT2D eigenvalue weighted by Gasteiger charge is -2.13. The van der Waals surface area contributed by atoms with E-state index in [0.29, 0.717) is 10.8 Å². The molecule has 18 heavy (non-hydrogen) atoms. The predicted molar refractivity (Wildman–Crippen MR) is 76.1 cm³/mol. The molecule has 94 valence electrons. The van der Waals surface area contributed by atoms with Crippen molar-refractivity contribution in [3.63, 3.8) is 0 Å². The molecule has 0 amide bonds. The highest BCUT2D eigenvalue weighted by Gasteiger charge is 2.04. The van der Waals surface area contributed by atoms with Crippen LogP contribution in [0.4, 0.5) is 17.1 Å². The van der Waals surface area contributed by atoms with E-state index in [0.717, 1.165) is 11.4 Å². The second-order valence-electron chi connectivity index (χ2n) is 3.94. The van der Waals surface area contributed by atoms with E-state index in [2.05, 4.69) is 15.5 Å². The zero-order valence-electron chi connectivity index (χ0n) is 9.98. The second-order valence-corrected chi connectivity index (χ2v) is 4.68. The summed E-state index contributed by atoms with van der Waals surface area (Å²) in [5, 5.41) is 11.1. The summed E-state index contributed by atoms with van der Waals surface area (Å²) in [5.74, 6) is 0. The van der Waals surface area contributed by atoms with Crippen molar-refractivity contribution in [3.8, 4) is 0 Å². The normalized spacial score (nSPS) is 10.2. The molecule has 0 unspecified atom stereocenters. The Morgan fingerprint density at radius 1 is 1.06 bits per heavy atom. The standard InChI is InChI=1S/C12H12Cl2N4/c1-18(2)9-5-3-8(4-6-9)15-10-7-11(13)16-17-12(10)14/h3-7H,1-2H3,(H,15,16). The summed E-state index contributed by atoms with van der Waals surface area (Å²) in [6.45, 7) is 0. The van der Waals surface area contributed by atoms with Crippen LogP contribution in [0.2, 0.25) is 10.3 Å². The van der Waals surface area contributed by atoms with Crippen molar-refractivity contribution >= 4 is 40.3 Å². The first kappa shape index (κ1) is 12.9. The first-order chi connectivity index (χ1) is 8.56. The van der Waals surface area contributed by atoms with E-state index in [9.17, 15) is 0 Å². The van der Waals surface area contributed by atoms with Gasteiger partial charge in [0.05, 0.1) is 5.69 Å². The van der Waals surface area contributed by atoms with Crippen LogP contribution in [0.15, 0.2) is 30.3 Å². The van der Waals surface area contributed by atoms with Crippen LogP contribution in [-0.4, -0.2) is 24.3 Å². The van der Waals surface area contributed by atoms with E-state index >= 15 is 0 Å². The van der Waals surface area contributed by atoms with Gasteiger partial charge in [-0.2, -0.15) is 0 Å². The van der Waals surface area contributed by atoms with Gasteiger partial charge in [-0.1, -0.05) is 23.2 Å². The van der Waals surface area contributed by atoms with Crippen LogP contribution < -0.4 is 10.2 Å². The van der Waals surface area contributed by atoms with Gasteiger partial charge in [0.1, 0.15) is 0 Å². The van der Waals surface area contributed by atoms with E-state index in [1.165, 1.54) is 0 Å². The van der Waals surface area contributed by atoms with Crippen LogP contribution in [0.25, 0.3) is 0 Å². The Labute approximate surface area is 116 Å². The van der Waals surface area contributed by atoms with E-state index in [4.69, 9.17) is 23.2 Å². The smallest absolute Gasteiger partial charge is 0.175 e. The maximum Gasteiger partial charge on any atom is 0.175 e. The van der Waals surface area contributed by atoms with Crippen molar-refractivity contribution in [2.75, 3.05) is 24.3 Å². The highest BCUT2D eigenvalue weighted by Crippen LogP contribution is 2.25. The maximum absolute atomic E-state index is 5.92. The molecule has 4 nitrogen and oxygen atoms in total. The average Bonchev–Trinajstić information content (AvgIpc) is 2.34. The molecule has 0 spiro atoms. The van der Waals surface area contributed by atoms with Crippen molar-refractivity contribution in [1.29, 1.82) is 0 Å². The Hall–Kier alpha value is -1.52. The molecule has 0 aliphatic heterocycles. The highest BCUT2D eigenvalue weighted by atomic mass is 35.5. The Bertz CT molecular complexity index is 540. The molecule has 0 fully saturated rings. The summed E-state index contributed by atoms with van der Waals surface area (Å²) in [4.78, 5) is 2.03. The number of nitrogens with zero attached hydrogens (tertiary/aromatic N) is 3. The number of aromatic nitrogens is 2. The summed E-state index contributed by atoms with van der Waals surface area (Å²) < 4.78 is 0. The third-order valence-electron chi connectivity index (χ3n) is 2.38. The number of rotatable bonds is 3. The molecule has 2 aromatic rings. The lowest BCUT2D eigenvalue weighted by Crippen LogP contribution is -2.08. The Morgan fingerprint density at radius 2 is 1.72 bits per heavy atom. The third-order valence-corrected chi connectivity index (χ3v) is 2.85. The minimum atomic E-state index is 0.288. The van der Waals surface area contributed by atoms with Crippen LogP contribution in [-0.2, 0) is 0 Å².